The first-order chi connectivity index (χ1) is 9.63. The number of hydrogen-bond acceptors (Lipinski definition) is 4. The van der Waals surface area contributed by atoms with Gasteiger partial charge in [0.2, 0.25) is 0 Å². The van der Waals surface area contributed by atoms with Crippen molar-refractivity contribution in [3.8, 4) is 11.5 Å². The van der Waals surface area contributed by atoms with E-state index in [9.17, 15) is 4.79 Å². The van der Waals surface area contributed by atoms with Crippen molar-refractivity contribution in [2.75, 3.05) is 12.3 Å². The van der Waals surface area contributed by atoms with Crippen LogP contribution in [0.5, 0.6) is 11.5 Å². The van der Waals surface area contributed by atoms with E-state index in [-0.39, 0.29) is 11.9 Å². The first kappa shape index (κ1) is 13.7. The van der Waals surface area contributed by atoms with Crippen LogP contribution in [0.25, 0.3) is 0 Å². The number of hydrogen-bond donors (Lipinski definition) is 1. The van der Waals surface area contributed by atoms with Gasteiger partial charge in [-0.15, -0.1) is 0 Å². The number of esters is 1. The smallest absolute Gasteiger partial charge is 0.314 e. The van der Waals surface area contributed by atoms with Crippen LogP contribution in [-0.4, -0.2) is 12.6 Å². The second-order valence-electron chi connectivity index (χ2n) is 5.62. The maximum atomic E-state index is 11.9. The van der Waals surface area contributed by atoms with E-state index in [1.807, 2.05) is 0 Å². The Balaban J connectivity index is 1.70. The summed E-state index contributed by atoms with van der Waals surface area (Å²) >= 11 is 3.38. The number of nitrogens with two attached hydrogens (primary N) is 1. The molecule has 108 valence electrons. The highest BCUT2D eigenvalue weighted by Crippen LogP contribution is 2.37. The Morgan fingerprint density at radius 2 is 2.05 bits per heavy atom. The van der Waals surface area contributed by atoms with Gasteiger partial charge in [0.1, 0.15) is 11.5 Å². The average Bonchev–Trinajstić information content (AvgIpc) is 3.13. The van der Waals surface area contributed by atoms with Crippen LogP contribution in [0.4, 0.5) is 5.69 Å². The number of carbonyl (C=O) groups excluding carboxylic acids is 1. The molecule has 2 fully saturated rings. The summed E-state index contributed by atoms with van der Waals surface area (Å²) in [5.74, 6) is 1.63. The van der Waals surface area contributed by atoms with E-state index in [1.54, 1.807) is 12.1 Å². The molecule has 0 radical (unpaired) electrons. The summed E-state index contributed by atoms with van der Waals surface area (Å²) in [4.78, 5) is 11.9. The van der Waals surface area contributed by atoms with E-state index in [2.05, 4.69) is 15.9 Å². The SMILES string of the molecule is Nc1c(Br)cc(OC(=O)C2CCC2)cc1OCC1CC1. The number of carbonyl (C=O) groups is 1. The van der Waals surface area contributed by atoms with E-state index in [1.165, 1.54) is 12.8 Å². The summed E-state index contributed by atoms with van der Waals surface area (Å²) in [5.41, 5.74) is 6.52. The minimum atomic E-state index is -0.152. The quantitative estimate of drug-likeness (QED) is 0.506. The first-order valence-electron chi connectivity index (χ1n) is 7.07. The Morgan fingerprint density at radius 3 is 2.65 bits per heavy atom. The van der Waals surface area contributed by atoms with Crippen LogP contribution in [-0.2, 0) is 4.79 Å². The standard InChI is InChI=1S/C15H18BrNO3/c16-12-6-11(20-15(18)10-2-1-3-10)7-13(14(12)17)19-8-9-4-5-9/h6-7,9-10H,1-5,8,17H2. The summed E-state index contributed by atoms with van der Waals surface area (Å²) in [6.45, 7) is 0.677. The Morgan fingerprint density at radius 1 is 1.30 bits per heavy atom. The van der Waals surface area contributed by atoms with E-state index >= 15 is 0 Å². The first-order valence-corrected chi connectivity index (χ1v) is 7.86. The molecule has 3 rings (SSSR count). The van der Waals surface area contributed by atoms with Crippen LogP contribution in [0, 0.1) is 11.8 Å². The molecule has 0 unspecified atom stereocenters. The van der Waals surface area contributed by atoms with Crippen LogP contribution in [0.15, 0.2) is 16.6 Å². The molecule has 0 aliphatic heterocycles. The van der Waals surface area contributed by atoms with Crippen LogP contribution in [0.1, 0.15) is 32.1 Å². The van der Waals surface area contributed by atoms with Crippen molar-refractivity contribution < 1.29 is 14.3 Å². The zero-order valence-electron chi connectivity index (χ0n) is 11.2. The molecular formula is C15H18BrNO3. The maximum Gasteiger partial charge on any atom is 0.314 e. The Kier molecular flexibility index (Phi) is 3.87. The van der Waals surface area contributed by atoms with E-state index in [0.29, 0.717) is 34.2 Å². The van der Waals surface area contributed by atoms with Gasteiger partial charge in [-0.25, -0.2) is 0 Å². The molecule has 0 heterocycles. The molecule has 4 nitrogen and oxygen atoms in total. The third-order valence-electron chi connectivity index (χ3n) is 3.89. The molecule has 2 N–H and O–H groups in total. The maximum absolute atomic E-state index is 11.9. The molecule has 1 aromatic rings. The topological polar surface area (TPSA) is 61.5 Å². The van der Waals surface area contributed by atoms with Gasteiger partial charge in [0, 0.05) is 10.5 Å². The minimum absolute atomic E-state index is 0.0576. The molecule has 2 aliphatic rings. The van der Waals surface area contributed by atoms with Crippen LogP contribution in [0.3, 0.4) is 0 Å². The zero-order chi connectivity index (χ0) is 14.1. The van der Waals surface area contributed by atoms with Gasteiger partial charge in [0.05, 0.1) is 18.2 Å². The fraction of sp³-hybridized carbons (Fsp3) is 0.533. The number of nitrogen functional groups attached to an aromatic ring is 1. The van der Waals surface area contributed by atoms with E-state index in [4.69, 9.17) is 15.2 Å². The second-order valence-corrected chi connectivity index (χ2v) is 6.47. The monoisotopic (exact) mass is 339 g/mol. The molecule has 0 spiro atoms. The average molecular weight is 340 g/mol. The summed E-state index contributed by atoms with van der Waals surface area (Å²) in [7, 11) is 0. The Labute approximate surface area is 126 Å². The van der Waals surface area contributed by atoms with Crippen LogP contribution < -0.4 is 15.2 Å². The lowest BCUT2D eigenvalue weighted by molar-refractivity contribution is -0.141. The van der Waals surface area contributed by atoms with Gasteiger partial charge in [-0.1, -0.05) is 6.42 Å². The fourth-order valence-corrected chi connectivity index (χ4v) is 2.50. The molecule has 20 heavy (non-hydrogen) atoms. The molecule has 1 aromatic carbocycles. The minimum Gasteiger partial charge on any atom is -0.491 e. The zero-order valence-corrected chi connectivity index (χ0v) is 12.8. The molecule has 5 heteroatoms. The summed E-state index contributed by atoms with van der Waals surface area (Å²) in [6, 6.07) is 3.43. The predicted octanol–water partition coefficient (Wildman–Crippen LogP) is 3.53. The molecule has 0 atom stereocenters. The van der Waals surface area contributed by atoms with Crippen molar-refractivity contribution in [2.45, 2.75) is 32.1 Å². The van der Waals surface area contributed by atoms with Crippen LogP contribution in [0.2, 0.25) is 0 Å². The summed E-state index contributed by atoms with van der Waals surface area (Å²) in [5, 5.41) is 0. The van der Waals surface area contributed by atoms with Gasteiger partial charge in [0.25, 0.3) is 0 Å². The molecule has 0 aromatic heterocycles. The lowest BCUT2D eigenvalue weighted by Gasteiger charge is -2.23. The highest BCUT2D eigenvalue weighted by atomic mass is 79.9. The van der Waals surface area contributed by atoms with Gasteiger partial charge in [-0.2, -0.15) is 0 Å². The predicted molar refractivity (Wildman–Crippen MR) is 79.7 cm³/mol. The molecule has 0 amide bonds. The number of halogens is 1. The normalized spacial score (nSPS) is 18.4. The number of benzene rings is 1. The van der Waals surface area contributed by atoms with Crippen LogP contribution >= 0.6 is 15.9 Å². The molecule has 2 aliphatic carbocycles. The highest BCUT2D eigenvalue weighted by molar-refractivity contribution is 9.10. The molecule has 0 saturated heterocycles. The number of rotatable bonds is 5. The van der Waals surface area contributed by atoms with Crippen molar-refractivity contribution in [1.29, 1.82) is 0 Å². The van der Waals surface area contributed by atoms with Gasteiger partial charge in [0.15, 0.2) is 0 Å². The lowest BCUT2D eigenvalue weighted by atomic mass is 9.86. The van der Waals surface area contributed by atoms with Gasteiger partial charge >= 0.3 is 5.97 Å². The largest absolute Gasteiger partial charge is 0.491 e. The van der Waals surface area contributed by atoms with Gasteiger partial charge < -0.3 is 15.2 Å². The third-order valence-corrected chi connectivity index (χ3v) is 4.55. The fourth-order valence-electron chi connectivity index (χ4n) is 2.08. The Hall–Kier alpha value is -1.23. The summed E-state index contributed by atoms with van der Waals surface area (Å²) < 4.78 is 11.8. The molecular weight excluding hydrogens is 322 g/mol. The third kappa shape index (κ3) is 3.08. The second kappa shape index (κ2) is 5.64. The molecule has 2 saturated carbocycles. The van der Waals surface area contributed by atoms with Gasteiger partial charge in [-0.05, 0) is 53.6 Å². The molecule has 0 bridgehead atoms. The van der Waals surface area contributed by atoms with Crippen molar-refractivity contribution >= 4 is 27.6 Å². The van der Waals surface area contributed by atoms with E-state index < -0.39 is 0 Å². The Bertz CT molecular complexity index is 524. The van der Waals surface area contributed by atoms with Crippen molar-refractivity contribution in [2.24, 2.45) is 11.8 Å². The highest BCUT2D eigenvalue weighted by Gasteiger charge is 2.27. The lowest BCUT2D eigenvalue weighted by Crippen LogP contribution is -2.26. The summed E-state index contributed by atoms with van der Waals surface area (Å²) in [6.07, 6.45) is 5.41. The van der Waals surface area contributed by atoms with E-state index in [0.717, 1.165) is 19.3 Å². The van der Waals surface area contributed by atoms with Crippen molar-refractivity contribution in [1.82, 2.24) is 0 Å². The van der Waals surface area contributed by atoms with Crippen molar-refractivity contribution in [3.63, 3.8) is 0 Å². The van der Waals surface area contributed by atoms with Gasteiger partial charge in [-0.3, -0.25) is 4.79 Å². The number of ether oxygens (including phenoxy) is 2. The number of anilines is 1. The van der Waals surface area contributed by atoms with Crippen molar-refractivity contribution in [3.05, 3.63) is 16.6 Å².